The van der Waals surface area contributed by atoms with Gasteiger partial charge in [-0.25, -0.2) is 0 Å². The van der Waals surface area contributed by atoms with Gasteiger partial charge in [0.2, 0.25) is 0 Å². The lowest BCUT2D eigenvalue weighted by atomic mass is 10.4. The van der Waals surface area contributed by atoms with Gasteiger partial charge >= 0.3 is 5.97 Å². The SMILES string of the molecule is O=C(O)CCl.c1ccccc1. The third kappa shape index (κ3) is 8.98. The molecule has 0 saturated heterocycles. The number of halogens is 1. The van der Waals surface area contributed by atoms with Crippen molar-refractivity contribution in [3.8, 4) is 0 Å². The van der Waals surface area contributed by atoms with E-state index < -0.39 is 5.97 Å². The van der Waals surface area contributed by atoms with Gasteiger partial charge in [-0.3, -0.25) is 4.79 Å². The van der Waals surface area contributed by atoms with Crippen LogP contribution in [0.15, 0.2) is 36.4 Å². The molecule has 0 aliphatic rings. The van der Waals surface area contributed by atoms with Gasteiger partial charge in [-0.15, -0.1) is 11.6 Å². The van der Waals surface area contributed by atoms with Gasteiger partial charge in [-0.1, -0.05) is 36.4 Å². The summed E-state index contributed by atoms with van der Waals surface area (Å²) in [5.74, 6) is -1.29. The molecule has 1 rings (SSSR count). The van der Waals surface area contributed by atoms with E-state index in [4.69, 9.17) is 16.7 Å². The lowest BCUT2D eigenvalue weighted by molar-refractivity contribution is -0.134. The number of alkyl halides is 1. The Kier molecular flexibility index (Phi) is 6.43. The summed E-state index contributed by atoms with van der Waals surface area (Å²) in [6.45, 7) is 0. The molecule has 11 heavy (non-hydrogen) atoms. The van der Waals surface area contributed by atoms with E-state index in [1.54, 1.807) is 0 Å². The zero-order chi connectivity index (χ0) is 8.53. The first-order valence-electron chi connectivity index (χ1n) is 3.05. The minimum atomic E-state index is -0.980. The predicted octanol–water partition coefficient (Wildman–Crippen LogP) is 2.00. The summed E-state index contributed by atoms with van der Waals surface area (Å²) >= 11 is 4.74. The molecule has 2 nitrogen and oxygen atoms in total. The molecule has 0 aliphatic carbocycles. The Morgan fingerprint density at radius 1 is 1.09 bits per heavy atom. The van der Waals surface area contributed by atoms with Gasteiger partial charge in [0.15, 0.2) is 0 Å². The van der Waals surface area contributed by atoms with Crippen molar-refractivity contribution >= 4 is 17.6 Å². The number of hydrogen-bond acceptors (Lipinski definition) is 1. The summed E-state index contributed by atoms with van der Waals surface area (Å²) < 4.78 is 0. The Hall–Kier alpha value is -1.02. The first-order valence-corrected chi connectivity index (χ1v) is 3.58. The number of carboxylic acid groups (broad SMARTS) is 1. The van der Waals surface area contributed by atoms with Crippen molar-refractivity contribution in [2.75, 3.05) is 5.88 Å². The van der Waals surface area contributed by atoms with Crippen LogP contribution in [0.25, 0.3) is 0 Å². The zero-order valence-corrected chi connectivity index (χ0v) is 6.66. The van der Waals surface area contributed by atoms with E-state index >= 15 is 0 Å². The normalized spacial score (nSPS) is 7.73. The fourth-order valence-corrected chi connectivity index (χ4v) is 0.385. The Bertz CT molecular complexity index is 160. The molecule has 0 radical (unpaired) electrons. The molecule has 3 heteroatoms. The topological polar surface area (TPSA) is 37.3 Å². The number of hydrogen-bond donors (Lipinski definition) is 1. The molecule has 60 valence electrons. The maximum absolute atomic E-state index is 9.24. The van der Waals surface area contributed by atoms with Crippen LogP contribution in [0.3, 0.4) is 0 Å². The molecule has 0 amide bonds. The number of carbonyl (C=O) groups is 1. The Labute approximate surface area is 70.4 Å². The lowest BCUT2D eigenvalue weighted by Crippen LogP contribution is -1.92. The van der Waals surface area contributed by atoms with Gasteiger partial charge < -0.3 is 5.11 Å². The Morgan fingerprint density at radius 2 is 1.27 bits per heavy atom. The van der Waals surface area contributed by atoms with Gasteiger partial charge in [-0.05, 0) is 0 Å². The highest BCUT2D eigenvalue weighted by Gasteiger charge is 1.83. The minimum absolute atomic E-state index is 0.306. The van der Waals surface area contributed by atoms with E-state index in [9.17, 15) is 4.79 Å². The fourth-order valence-electron chi connectivity index (χ4n) is 0.385. The third-order valence-corrected chi connectivity index (χ3v) is 1.01. The first kappa shape index (κ1) is 9.98. The molecule has 0 aromatic heterocycles. The summed E-state index contributed by atoms with van der Waals surface area (Å²) in [5.41, 5.74) is 0. The second kappa shape index (κ2) is 7.09. The summed E-state index contributed by atoms with van der Waals surface area (Å²) in [6, 6.07) is 12.0. The molecule has 0 saturated carbocycles. The average Bonchev–Trinajstić information content (AvgIpc) is 2.09. The summed E-state index contributed by atoms with van der Waals surface area (Å²) in [5, 5.41) is 7.59. The second-order valence-corrected chi connectivity index (χ2v) is 1.95. The van der Waals surface area contributed by atoms with Crippen LogP contribution in [0.5, 0.6) is 0 Å². The molecule has 0 fully saturated rings. The van der Waals surface area contributed by atoms with Crippen molar-refractivity contribution in [3.63, 3.8) is 0 Å². The third-order valence-electron chi connectivity index (χ3n) is 0.781. The van der Waals surface area contributed by atoms with E-state index in [1.165, 1.54) is 0 Å². The van der Waals surface area contributed by atoms with Crippen LogP contribution in [-0.2, 0) is 4.79 Å². The quantitative estimate of drug-likeness (QED) is 0.658. The minimum Gasteiger partial charge on any atom is -0.480 e. The van der Waals surface area contributed by atoms with Crippen molar-refractivity contribution in [2.24, 2.45) is 0 Å². The lowest BCUT2D eigenvalue weighted by Gasteiger charge is -1.69. The molecule has 1 aromatic rings. The molecule has 0 aliphatic heterocycles. The zero-order valence-electron chi connectivity index (χ0n) is 5.90. The summed E-state index contributed by atoms with van der Waals surface area (Å²) in [6.07, 6.45) is 0. The Balaban J connectivity index is 0.000000187. The number of benzene rings is 1. The number of carboxylic acids is 1. The summed E-state index contributed by atoms with van der Waals surface area (Å²) in [7, 11) is 0. The second-order valence-electron chi connectivity index (χ2n) is 1.68. The van der Waals surface area contributed by atoms with Gasteiger partial charge in [0.1, 0.15) is 5.88 Å². The van der Waals surface area contributed by atoms with Crippen LogP contribution >= 0.6 is 11.6 Å². The van der Waals surface area contributed by atoms with E-state index in [0.717, 1.165) is 0 Å². The van der Waals surface area contributed by atoms with E-state index in [0.29, 0.717) is 0 Å². The van der Waals surface area contributed by atoms with Crippen LogP contribution in [-0.4, -0.2) is 17.0 Å². The Morgan fingerprint density at radius 3 is 1.36 bits per heavy atom. The van der Waals surface area contributed by atoms with Crippen LogP contribution in [0.4, 0.5) is 0 Å². The molecule has 0 unspecified atom stereocenters. The fraction of sp³-hybridized carbons (Fsp3) is 0.125. The van der Waals surface area contributed by atoms with Crippen LogP contribution < -0.4 is 0 Å². The highest BCUT2D eigenvalue weighted by Crippen LogP contribution is 1.79. The predicted molar refractivity (Wildman–Crippen MR) is 44.8 cm³/mol. The van der Waals surface area contributed by atoms with Crippen LogP contribution in [0.1, 0.15) is 0 Å². The first-order chi connectivity index (χ1) is 5.27. The standard InChI is InChI=1S/C6H6.C2H3ClO2/c1-2-4-6-5-3-1;3-1-2(4)5/h1-6H;1H2,(H,4,5). The monoisotopic (exact) mass is 172 g/mol. The largest absolute Gasteiger partial charge is 0.480 e. The highest BCUT2D eigenvalue weighted by atomic mass is 35.5. The van der Waals surface area contributed by atoms with Crippen molar-refractivity contribution in [2.45, 2.75) is 0 Å². The van der Waals surface area contributed by atoms with Crippen molar-refractivity contribution in [1.29, 1.82) is 0 Å². The molecule has 0 atom stereocenters. The molecule has 0 heterocycles. The van der Waals surface area contributed by atoms with E-state index in [2.05, 4.69) is 0 Å². The highest BCUT2D eigenvalue weighted by molar-refractivity contribution is 6.26. The molecular formula is C8H9ClO2. The van der Waals surface area contributed by atoms with Gasteiger partial charge in [0.25, 0.3) is 0 Å². The maximum atomic E-state index is 9.24. The van der Waals surface area contributed by atoms with Crippen LogP contribution in [0, 0.1) is 0 Å². The van der Waals surface area contributed by atoms with E-state index in [1.807, 2.05) is 36.4 Å². The number of rotatable bonds is 1. The van der Waals surface area contributed by atoms with Gasteiger partial charge in [-0.2, -0.15) is 0 Å². The molecule has 1 N–H and O–H groups in total. The average molecular weight is 173 g/mol. The molecule has 0 spiro atoms. The van der Waals surface area contributed by atoms with Gasteiger partial charge in [0.05, 0.1) is 0 Å². The summed E-state index contributed by atoms with van der Waals surface area (Å²) in [4.78, 5) is 9.24. The molecular weight excluding hydrogens is 164 g/mol. The van der Waals surface area contributed by atoms with Crippen molar-refractivity contribution < 1.29 is 9.90 Å². The van der Waals surface area contributed by atoms with Crippen LogP contribution in [0.2, 0.25) is 0 Å². The molecule has 0 bridgehead atoms. The van der Waals surface area contributed by atoms with Gasteiger partial charge in [0, 0.05) is 0 Å². The molecule has 1 aromatic carbocycles. The van der Waals surface area contributed by atoms with E-state index in [-0.39, 0.29) is 5.88 Å². The van der Waals surface area contributed by atoms with Crippen molar-refractivity contribution in [1.82, 2.24) is 0 Å². The van der Waals surface area contributed by atoms with Crippen molar-refractivity contribution in [3.05, 3.63) is 36.4 Å². The maximum Gasteiger partial charge on any atom is 0.318 e. The number of aliphatic carboxylic acids is 1. The smallest absolute Gasteiger partial charge is 0.318 e.